The summed E-state index contributed by atoms with van der Waals surface area (Å²) in [4.78, 5) is 25.5. The zero-order valence-corrected chi connectivity index (χ0v) is 13.9. The van der Waals surface area contributed by atoms with Gasteiger partial charge in [-0.25, -0.2) is 4.68 Å². The molecule has 0 unspecified atom stereocenters. The van der Waals surface area contributed by atoms with Crippen molar-refractivity contribution in [3.8, 4) is 0 Å². The second-order valence-electron chi connectivity index (χ2n) is 4.65. The molecule has 1 heterocycles. The zero-order chi connectivity index (χ0) is 16.3. The molecule has 0 aliphatic rings. The number of likely N-dealkylation sites (N-methyl/N-ethyl adjacent to an activating group) is 1. The Morgan fingerprint density at radius 1 is 1.32 bits per heavy atom. The number of hydrogen-bond donors (Lipinski definition) is 0. The normalized spacial score (nSPS) is 10.5. The summed E-state index contributed by atoms with van der Waals surface area (Å²) in [5.74, 6) is -0.284. The van der Waals surface area contributed by atoms with E-state index in [2.05, 4.69) is 5.10 Å². The Hall–Kier alpha value is -1.56. The standard InChI is InChI=1S/C14H12Cl3N3O2/c1-19(7-9-3-2-4-10(15)5-9)12(21)8-20-14(22)13(17)11(16)6-18-20/h2-6H,7-8H2,1H3. The van der Waals surface area contributed by atoms with Gasteiger partial charge in [0.1, 0.15) is 11.6 Å². The number of halogens is 3. The molecular formula is C14H12Cl3N3O2. The summed E-state index contributed by atoms with van der Waals surface area (Å²) in [5.41, 5.74) is 0.288. The van der Waals surface area contributed by atoms with E-state index in [-0.39, 0.29) is 22.5 Å². The van der Waals surface area contributed by atoms with E-state index in [4.69, 9.17) is 34.8 Å². The fraction of sp³-hybridized carbons (Fsp3) is 0.214. The van der Waals surface area contributed by atoms with Crippen molar-refractivity contribution in [2.45, 2.75) is 13.1 Å². The van der Waals surface area contributed by atoms with Gasteiger partial charge in [0.2, 0.25) is 5.91 Å². The third-order valence-corrected chi connectivity index (χ3v) is 3.95. The van der Waals surface area contributed by atoms with Crippen molar-refractivity contribution >= 4 is 40.7 Å². The minimum Gasteiger partial charge on any atom is -0.340 e. The van der Waals surface area contributed by atoms with Gasteiger partial charge in [0.15, 0.2) is 0 Å². The van der Waals surface area contributed by atoms with Crippen LogP contribution in [-0.4, -0.2) is 27.6 Å². The highest BCUT2D eigenvalue weighted by Gasteiger charge is 2.14. The summed E-state index contributed by atoms with van der Waals surface area (Å²) in [6, 6.07) is 7.20. The lowest BCUT2D eigenvalue weighted by Crippen LogP contribution is -2.34. The minimum atomic E-state index is -0.598. The van der Waals surface area contributed by atoms with Gasteiger partial charge in [0, 0.05) is 18.6 Å². The first-order chi connectivity index (χ1) is 10.4. The molecule has 0 aliphatic heterocycles. The third kappa shape index (κ3) is 4.00. The summed E-state index contributed by atoms with van der Waals surface area (Å²) in [6.07, 6.45) is 1.23. The molecule has 5 nitrogen and oxygen atoms in total. The van der Waals surface area contributed by atoms with Crippen LogP contribution in [0.1, 0.15) is 5.56 Å². The molecular weight excluding hydrogens is 349 g/mol. The highest BCUT2D eigenvalue weighted by Crippen LogP contribution is 2.15. The first kappa shape index (κ1) is 16.8. The lowest BCUT2D eigenvalue weighted by atomic mass is 10.2. The molecule has 0 N–H and O–H groups in total. The van der Waals surface area contributed by atoms with Gasteiger partial charge in [-0.1, -0.05) is 46.9 Å². The van der Waals surface area contributed by atoms with Crippen LogP contribution in [0.5, 0.6) is 0 Å². The number of benzene rings is 1. The topological polar surface area (TPSA) is 55.2 Å². The molecule has 0 aliphatic carbocycles. The summed E-state index contributed by atoms with van der Waals surface area (Å²) >= 11 is 17.3. The van der Waals surface area contributed by atoms with E-state index in [1.54, 1.807) is 25.2 Å². The molecule has 0 fully saturated rings. The number of nitrogens with zero attached hydrogens (tertiary/aromatic N) is 3. The molecule has 0 radical (unpaired) electrons. The first-order valence-corrected chi connectivity index (χ1v) is 7.41. The van der Waals surface area contributed by atoms with Gasteiger partial charge >= 0.3 is 0 Å². The molecule has 0 saturated heterocycles. The van der Waals surface area contributed by atoms with E-state index in [1.807, 2.05) is 6.07 Å². The predicted molar refractivity (Wildman–Crippen MR) is 86.4 cm³/mol. The zero-order valence-electron chi connectivity index (χ0n) is 11.6. The van der Waals surface area contributed by atoms with Crippen molar-refractivity contribution in [3.63, 3.8) is 0 Å². The Bertz CT molecular complexity index is 761. The molecule has 8 heteroatoms. The van der Waals surface area contributed by atoms with Crippen molar-refractivity contribution in [2.75, 3.05) is 7.05 Å². The van der Waals surface area contributed by atoms with Gasteiger partial charge in [0.05, 0.1) is 11.2 Å². The van der Waals surface area contributed by atoms with Crippen LogP contribution >= 0.6 is 34.8 Å². The van der Waals surface area contributed by atoms with Crippen LogP contribution in [0, 0.1) is 0 Å². The Labute approximate surface area is 142 Å². The van der Waals surface area contributed by atoms with Crippen LogP contribution in [-0.2, 0) is 17.9 Å². The molecule has 0 atom stereocenters. The van der Waals surface area contributed by atoms with Crippen LogP contribution in [0.15, 0.2) is 35.3 Å². The van der Waals surface area contributed by atoms with Gasteiger partial charge < -0.3 is 4.90 Å². The maximum absolute atomic E-state index is 12.2. The lowest BCUT2D eigenvalue weighted by Gasteiger charge is -2.17. The smallest absolute Gasteiger partial charge is 0.287 e. The molecule has 0 saturated carbocycles. The second-order valence-corrected chi connectivity index (χ2v) is 5.87. The molecule has 0 spiro atoms. The van der Waals surface area contributed by atoms with E-state index in [1.165, 1.54) is 11.1 Å². The Morgan fingerprint density at radius 2 is 2.05 bits per heavy atom. The quantitative estimate of drug-likeness (QED) is 0.842. The van der Waals surface area contributed by atoms with Crippen LogP contribution < -0.4 is 5.56 Å². The van der Waals surface area contributed by atoms with Gasteiger partial charge in [-0.3, -0.25) is 9.59 Å². The molecule has 1 amide bonds. The number of aromatic nitrogens is 2. The van der Waals surface area contributed by atoms with Crippen LogP contribution in [0.25, 0.3) is 0 Å². The molecule has 0 bridgehead atoms. The summed E-state index contributed by atoms with van der Waals surface area (Å²) in [6.45, 7) is 0.155. The fourth-order valence-corrected chi connectivity index (χ4v) is 2.29. The maximum Gasteiger partial charge on any atom is 0.287 e. The number of rotatable bonds is 4. The van der Waals surface area contributed by atoms with Crippen LogP contribution in [0.2, 0.25) is 15.1 Å². The average Bonchev–Trinajstić information content (AvgIpc) is 2.47. The monoisotopic (exact) mass is 359 g/mol. The molecule has 1 aromatic heterocycles. The fourth-order valence-electron chi connectivity index (χ4n) is 1.80. The van der Waals surface area contributed by atoms with Crippen LogP contribution in [0.3, 0.4) is 0 Å². The highest BCUT2D eigenvalue weighted by atomic mass is 35.5. The predicted octanol–water partition coefficient (Wildman–Crippen LogP) is 2.86. The van der Waals surface area contributed by atoms with E-state index < -0.39 is 5.56 Å². The number of amides is 1. The Morgan fingerprint density at radius 3 is 2.73 bits per heavy atom. The largest absolute Gasteiger partial charge is 0.340 e. The second kappa shape index (κ2) is 7.13. The Kier molecular flexibility index (Phi) is 5.45. The Balaban J connectivity index is 2.09. The molecule has 116 valence electrons. The summed E-state index contributed by atoms with van der Waals surface area (Å²) in [7, 11) is 1.63. The third-order valence-electron chi connectivity index (χ3n) is 2.96. The van der Waals surface area contributed by atoms with Crippen molar-refractivity contribution in [3.05, 3.63) is 61.4 Å². The van der Waals surface area contributed by atoms with Gasteiger partial charge in [-0.15, -0.1) is 0 Å². The van der Waals surface area contributed by atoms with Crippen molar-refractivity contribution in [1.29, 1.82) is 0 Å². The SMILES string of the molecule is CN(Cc1cccc(Cl)c1)C(=O)Cn1ncc(Cl)c(Cl)c1=O. The average molecular weight is 361 g/mol. The van der Waals surface area contributed by atoms with E-state index in [9.17, 15) is 9.59 Å². The van der Waals surface area contributed by atoms with E-state index in [0.717, 1.165) is 10.2 Å². The number of carbonyl (C=O) groups is 1. The van der Waals surface area contributed by atoms with E-state index in [0.29, 0.717) is 11.6 Å². The van der Waals surface area contributed by atoms with Crippen molar-refractivity contribution in [2.24, 2.45) is 0 Å². The highest BCUT2D eigenvalue weighted by molar-refractivity contribution is 6.41. The lowest BCUT2D eigenvalue weighted by molar-refractivity contribution is -0.131. The first-order valence-electron chi connectivity index (χ1n) is 6.28. The van der Waals surface area contributed by atoms with Crippen LogP contribution in [0.4, 0.5) is 0 Å². The molecule has 2 rings (SSSR count). The van der Waals surface area contributed by atoms with Crippen molar-refractivity contribution < 1.29 is 4.79 Å². The number of hydrogen-bond acceptors (Lipinski definition) is 3. The molecule has 1 aromatic carbocycles. The minimum absolute atomic E-state index is 0.0580. The van der Waals surface area contributed by atoms with Gasteiger partial charge in [0.25, 0.3) is 5.56 Å². The summed E-state index contributed by atoms with van der Waals surface area (Å²) < 4.78 is 0.977. The van der Waals surface area contributed by atoms with Crippen molar-refractivity contribution in [1.82, 2.24) is 14.7 Å². The van der Waals surface area contributed by atoms with Gasteiger partial charge in [-0.05, 0) is 17.7 Å². The summed E-state index contributed by atoms with van der Waals surface area (Å²) in [5, 5.41) is 4.31. The molecule has 22 heavy (non-hydrogen) atoms. The van der Waals surface area contributed by atoms with E-state index >= 15 is 0 Å². The van der Waals surface area contributed by atoms with Gasteiger partial charge in [-0.2, -0.15) is 5.10 Å². The molecule has 2 aromatic rings. The number of carbonyl (C=O) groups excluding carboxylic acids is 1. The maximum atomic E-state index is 12.2.